The van der Waals surface area contributed by atoms with Gasteiger partial charge in [-0.2, -0.15) is 21.0 Å². The number of hydrogen-bond acceptors (Lipinski definition) is 6. The van der Waals surface area contributed by atoms with Gasteiger partial charge in [-0.05, 0) is 111 Å². The van der Waals surface area contributed by atoms with E-state index in [1.807, 2.05) is 120 Å². The van der Waals surface area contributed by atoms with Crippen LogP contribution in [0.2, 0.25) is 0 Å². The molecule has 0 atom stereocenters. The summed E-state index contributed by atoms with van der Waals surface area (Å²) < 4.78 is 1.96. The van der Waals surface area contributed by atoms with Crippen LogP contribution in [-0.2, 0) is 0 Å². The molecule has 0 spiro atoms. The lowest BCUT2D eigenvalue weighted by Crippen LogP contribution is -2.29. The van der Waals surface area contributed by atoms with Crippen LogP contribution >= 0.6 is 0 Å². The van der Waals surface area contributed by atoms with Gasteiger partial charge in [-0.15, -0.1) is 0 Å². The number of hydrogen-bond donors (Lipinski definition) is 0. The van der Waals surface area contributed by atoms with Gasteiger partial charge < -0.3 is 4.57 Å². The summed E-state index contributed by atoms with van der Waals surface area (Å²) in [6, 6.07) is 61.1. The quantitative estimate of drug-likeness (QED) is 0.154. The number of carbonyl (C=O) groups excluding carboxylic acids is 2. The van der Waals surface area contributed by atoms with Gasteiger partial charge in [0.2, 0.25) is 0 Å². The second-order valence-corrected chi connectivity index (χ2v) is 14.9. The van der Waals surface area contributed by atoms with Crippen LogP contribution in [-0.4, -0.2) is 16.4 Å². The Labute approximate surface area is 355 Å². The molecule has 0 fully saturated rings. The third-order valence-electron chi connectivity index (χ3n) is 11.5. The summed E-state index contributed by atoms with van der Waals surface area (Å²) in [5.41, 5.74) is 10.4. The minimum atomic E-state index is -0.482. The molecule has 286 valence electrons. The topological polar surface area (TPSA) is 137 Å². The molecule has 0 unspecified atom stereocenters. The van der Waals surface area contributed by atoms with Crippen LogP contribution in [0, 0.1) is 45.3 Å². The Balaban J connectivity index is 1.21. The Morgan fingerprint density at radius 2 is 0.903 bits per heavy atom. The Hall–Kier alpha value is -9.34. The van der Waals surface area contributed by atoms with E-state index in [0.29, 0.717) is 66.9 Å². The molecule has 8 nitrogen and oxygen atoms in total. The molecule has 0 bridgehead atoms. The number of amides is 2. The van der Waals surface area contributed by atoms with Crippen LogP contribution in [0.3, 0.4) is 0 Å². The van der Waals surface area contributed by atoms with Crippen molar-refractivity contribution in [1.82, 2.24) is 4.57 Å². The maximum absolute atomic E-state index is 15.1. The second-order valence-electron chi connectivity index (χ2n) is 14.9. The van der Waals surface area contributed by atoms with Crippen LogP contribution in [0.25, 0.3) is 72.0 Å². The van der Waals surface area contributed by atoms with Crippen molar-refractivity contribution < 1.29 is 9.59 Å². The van der Waals surface area contributed by atoms with Crippen molar-refractivity contribution in [3.63, 3.8) is 0 Å². The number of aromatic nitrogens is 1. The molecule has 8 aromatic carbocycles. The molecule has 0 aliphatic carbocycles. The third kappa shape index (κ3) is 5.97. The molecular formula is C54H28N6O2. The van der Waals surface area contributed by atoms with Crippen molar-refractivity contribution in [2.24, 2.45) is 0 Å². The van der Waals surface area contributed by atoms with Gasteiger partial charge in [0.25, 0.3) is 11.8 Å². The average Bonchev–Trinajstić information content (AvgIpc) is 3.80. The first kappa shape index (κ1) is 37.0. The molecule has 10 rings (SSSR count). The molecule has 0 saturated carbocycles. The maximum Gasteiger partial charge on any atom is 0.268 e. The molecule has 0 radical (unpaired) electrons. The van der Waals surface area contributed by atoms with Crippen LogP contribution in [0.1, 0.15) is 43.0 Å². The number of rotatable bonds is 6. The van der Waals surface area contributed by atoms with E-state index in [1.165, 1.54) is 4.90 Å². The van der Waals surface area contributed by atoms with Crippen molar-refractivity contribution in [3.8, 4) is 74.5 Å². The Kier molecular flexibility index (Phi) is 8.82. The summed E-state index contributed by atoms with van der Waals surface area (Å²) in [6.45, 7) is 0. The average molecular weight is 793 g/mol. The van der Waals surface area contributed by atoms with Crippen molar-refractivity contribution in [2.45, 2.75) is 0 Å². The van der Waals surface area contributed by atoms with Gasteiger partial charge >= 0.3 is 0 Å². The highest BCUT2D eigenvalue weighted by Crippen LogP contribution is 2.42. The van der Waals surface area contributed by atoms with E-state index in [2.05, 4.69) is 30.3 Å². The molecule has 0 N–H and O–H groups in total. The van der Waals surface area contributed by atoms with E-state index in [9.17, 15) is 25.8 Å². The van der Waals surface area contributed by atoms with E-state index in [1.54, 1.807) is 48.5 Å². The van der Waals surface area contributed by atoms with Crippen molar-refractivity contribution in [2.75, 3.05) is 4.90 Å². The lowest BCUT2D eigenvalue weighted by Gasteiger charge is -2.18. The van der Waals surface area contributed by atoms with E-state index in [4.69, 9.17) is 0 Å². The zero-order chi connectivity index (χ0) is 42.5. The largest absolute Gasteiger partial charge is 0.308 e. The van der Waals surface area contributed by atoms with Crippen LogP contribution < -0.4 is 4.90 Å². The molecule has 1 aliphatic rings. The fourth-order valence-corrected chi connectivity index (χ4v) is 8.55. The first-order chi connectivity index (χ1) is 30.4. The van der Waals surface area contributed by atoms with Crippen LogP contribution in [0.15, 0.2) is 170 Å². The summed E-state index contributed by atoms with van der Waals surface area (Å²) >= 11 is 0. The molecule has 0 saturated heterocycles. The predicted molar refractivity (Wildman–Crippen MR) is 239 cm³/mol. The highest BCUT2D eigenvalue weighted by atomic mass is 16.2. The van der Waals surface area contributed by atoms with E-state index in [-0.39, 0.29) is 11.1 Å². The number of imide groups is 1. The number of benzene rings is 8. The smallest absolute Gasteiger partial charge is 0.268 e. The molecular weight excluding hydrogens is 765 g/mol. The lowest BCUT2D eigenvalue weighted by molar-refractivity contribution is 0.0926. The Morgan fingerprint density at radius 1 is 0.387 bits per heavy atom. The number of carbonyl (C=O) groups is 2. The number of nitrogens with zero attached hydrogens (tertiary/aromatic N) is 6. The molecule has 2 amide bonds. The molecule has 8 heteroatoms. The third-order valence-corrected chi connectivity index (χ3v) is 11.5. The first-order valence-electron chi connectivity index (χ1n) is 19.6. The zero-order valence-corrected chi connectivity index (χ0v) is 32.7. The van der Waals surface area contributed by atoms with Crippen LogP contribution in [0.4, 0.5) is 5.69 Å². The fraction of sp³-hybridized carbons (Fsp3) is 0. The molecule has 1 aromatic heterocycles. The minimum absolute atomic E-state index is 0.227. The summed E-state index contributed by atoms with van der Waals surface area (Å²) in [5.74, 6) is -0.935. The molecule has 1 aliphatic heterocycles. The summed E-state index contributed by atoms with van der Waals surface area (Å²) in [5, 5.41) is 41.1. The maximum atomic E-state index is 15.1. The fourth-order valence-electron chi connectivity index (χ4n) is 8.55. The number of anilines is 1. The normalized spacial score (nSPS) is 11.8. The molecule has 62 heavy (non-hydrogen) atoms. The van der Waals surface area contributed by atoms with Gasteiger partial charge in [0.05, 0.1) is 80.1 Å². The van der Waals surface area contributed by atoms with Crippen molar-refractivity contribution in [1.29, 1.82) is 21.0 Å². The van der Waals surface area contributed by atoms with E-state index >= 15 is 4.79 Å². The summed E-state index contributed by atoms with van der Waals surface area (Å²) in [6.07, 6.45) is 0. The van der Waals surface area contributed by atoms with Crippen molar-refractivity contribution >= 4 is 39.3 Å². The van der Waals surface area contributed by atoms with Gasteiger partial charge in [0, 0.05) is 10.8 Å². The van der Waals surface area contributed by atoms with Gasteiger partial charge in [0.15, 0.2) is 0 Å². The first-order valence-corrected chi connectivity index (χ1v) is 19.6. The second kappa shape index (κ2) is 14.8. The van der Waals surface area contributed by atoms with Gasteiger partial charge in [-0.25, -0.2) is 4.90 Å². The zero-order valence-electron chi connectivity index (χ0n) is 32.7. The monoisotopic (exact) mass is 792 g/mol. The number of nitriles is 4. The van der Waals surface area contributed by atoms with Gasteiger partial charge in [-0.1, -0.05) is 103 Å². The standard InChI is InChI=1S/C54H28N6O2/c55-29-33-14-18-44(41(22-33)31-57)37-16-20-46-47-21-17-38(45-19-15-34(30-56)23-42(45)32-58)28-51(47)60(50(46)27-37)49-13-7-12-48-52(49)54(62)59(53(48)61)43-25-39(35-8-3-1-4-9-35)24-40(26-43)36-10-5-2-6-11-36/h1-28H. The number of fused-ring (bicyclic) bond motifs is 4. The van der Waals surface area contributed by atoms with E-state index in [0.717, 1.165) is 33.0 Å². The summed E-state index contributed by atoms with van der Waals surface area (Å²) in [7, 11) is 0. The van der Waals surface area contributed by atoms with Gasteiger partial charge in [0.1, 0.15) is 0 Å². The van der Waals surface area contributed by atoms with E-state index < -0.39 is 11.8 Å². The lowest BCUT2D eigenvalue weighted by atomic mass is 9.96. The minimum Gasteiger partial charge on any atom is -0.308 e. The highest BCUT2D eigenvalue weighted by molar-refractivity contribution is 6.36. The highest BCUT2D eigenvalue weighted by Gasteiger charge is 2.40. The predicted octanol–water partition coefficient (Wildman–Crippen LogP) is 11.7. The molecule has 9 aromatic rings. The molecule has 2 heterocycles. The Morgan fingerprint density at radius 3 is 1.39 bits per heavy atom. The van der Waals surface area contributed by atoms with Crippen molar-refractivity contribution in [3.05, 3.63) is 203 Å². The van der Waals surface area contributed by atoms with Gasteiger partial charge in [-0.3, -0.25) is 9.59 Å². The summed E-state index contributed by atoms with van der Waals surface area (Å²) in [4.78, 5) is 31.0. The SMILES string of the molecule is N#Cc1ccc(-c2ccc3c4ccc(-c5ccc(C#N)cc5C#N)cc4n(-c4cccc5c4C(=O)N(c4cc(-c6ccccc6)cc(-c6ccccc6)c4)C5=O)c3c2)c(C#N)c1. The van der Waals surface area contributed by atoms with Crippen LogP contribution in [0.5, 0.6) is 0 Å². The Bertz CT molecular complexity index is 3370.